The molecule has 0 unspecified atom stereocenters. The molecule has 1 aromatic carbocycles. The van der Waals surface area contributed by atoms with Crippen molar-refractivity contribution >= 4 is 5.97 Å². The van der Waals surface area contributed by atoms with E-state index >= 15 is 0 Å². The Labute approximate surface area is 78.8 Å². The van der Waals surface area contributed by atoms with Gasteiger partial charge in [0, 0.05) is 6.07 Å². The standard InChI is InChI=1S/C9H6FNO3/c10-6-1-5(2-9(13)14)7(4-11)8(12)3-6/h1,3,12H,2H2,(H,13,14). The highest BCUT2D eigenvalue weighted by Crippen LogP contribution is 2.22. The predicted octanol–water partition coefficient (Wildman–Crippen LogP) is 1.03. The van der Waals surface area contributed by atoms with E-state index < -0.39 is 24.0 Å². The van der Waals surface area contributed by atoms with E-state index in [1.165, 1.54) is 0 Å². The zero-order valence-electron chi connectivity index (χ0n) is 6.99. The molecule has 14 heavy (non-hydrogen) atoms. The third-order valence-electron chi connectivity index (χ3n) is 1.62. The molecular formula is C9H6FNO3. The summed E-state index contributed by atoms with van der Waals surface area (Å²) in [6.07, 6.45) is -0.492. The fourth-order valence-electron chi connectivity index (χ4n) is 1.08. The number of nitrogens with zero attached hydrogens (tertiary/aromatic N) is 1. The SMILES string of the molecule is N#Cc1c(O)cc(F)cc1CC(=O)O. The molecule has 0 spiro atoms. The van der Waals surface area contributed by atoms with Crippen molar-refractivity contribution in [2.24, 2.45) is 0 Å². The first-order valence-electron chi connectivity index (χ1n) is 3.68. The van der Waals surface area contributed by atoms with Crippen LogP contribution in [0.1, 0.15) is 11.1 Å². The Balaban J connectivity index is 3.26. The molecule has 4 nitrogen and oxygen atoms in total. The highest BCUT2D eigenvalue weighted by Gasteiger charge is 2.12. The van der Waals surface area contributed by atoms with Gasteiger partial charge in [-0.2, -0.15) is 5.26 Å². The number of nitriles is 1. The summed E-state index contributed by atoms with van der Waals surface area (Å²) in [5.41, 5.74) is -0.230. The van der Waals surface area contributed by atoms with Gasteiger partial charge in [-0.05, 0) is 11.6 Å². The van der Waals surface area contributed by atoms with E-state index in [0.29, 0.717) is 0 Å². The van der Waals surface area contributed by atoms with E-state index in [2.05, 4.69) is 0 Å². The largest absolute Gasteiger partial charge is 0.506 e. The van der Waals surface area contributed by atoms with Gasteiger partial charge in [0.05, 0.1) is 12.0 Å². The van der Waals surface area contributed by atoms with Crippen molar-refractivity contribution in [3.05, 3.63) is 29.1 Å². The Morgan fingerprint density at radius 1 is 1.57 bits per heavy atom. The molecule has 0 saturated heterocycles. The number of carboxylic acids is 1. The van der Waals surface area contributed by atoms with Crippen LogP contribution >= 0.6 is 0 Å². The smallest absolute Gasteiger partial charge is 0.307 e. The third-order valence-corrected chi connectivity index (χ3v) is 1.62. The van der Waals surface area contributed by atoms with Crippen LogP contribution in [0.5, 0.6) is 5.75 Å². The van der Waals surface area contributed by atoms with Crippen LogP contribution in [0.25, 0.3) is 0 Å². The average Bonchev–Trinajstić information content (AvgIpc) is 2.01. The van der Waals surface area contributed by atoms with Crippen LogP contribution in [0, 0.1) is 17.1 Å². The zero-order chi connectivity index (χ0) is 10.7. The molecule has 0 bridgehead atoms. The van der Waals surface area contributed by atoms with Gasteiger partial charge in [-0.3, -0.25) is 4.79 Å². The summed E-state index contributed by atoms with van der Waals surface area (Å²) in [7, 11) is 0. The second-order valence-corrected chi connectivity index (χ2v) is 2.64. The molecular weight excluding hydrogens is 189 g/mol. The molecule has 0 fully saturated rings. The quantitative estimate of drug-likeness (QED) is 0.738. The van der Waals surface area contributed by atoms with Crippen molar-refractivity contribution < 1.29 is 19.4 Å². The van der Waals surface area contributed by atoms with Crippen molar-refractivity contribution in [1.29, 1.82) is 5.26 Å². The second-order valence-electron chi connectivity index (χ2n) is 2.64. The third kappa shape index (κ3) is 1.98. The van der Waals surface area contributed by atoms with Crippen molar-refractivity contribution in [2.45, 2.75) is 6.42 Å². The summed E-state index contributed by atoms with van der Waals surface area (Å²) in [6.45, 7) is 0. The molecule has 1 aromatic rings. The molecule has 0 amide bonds. The monoisotopic (exact) mass is 195 g/mol. The first kappa shape index (κ1) is 9.99. The Morgan fingerprint density at radius 3 is 2.71 bits per heavy atom. The molecule has 1 rings (SSSR count). The van der Waals surface area contributed by atoms with Gasteiger partial charge in [0.2, 0.25) is 0 Å². The fourth-order valence-corrected chi connectivity index (χ4v) is 1.08. The van der Waals surface area contributed by atoms with Gasteiger partial charge in [-0.1, -0.05) is 0 Å². The summed E-state index contributed by atoms with van der Waals surface area (Å²) in [4.78, 5) is 10.3. The number of aromatic hydroxyl groups is 1. The van der Waals surface area contributed by atoms with Gasteiger partial charge in [-0.15, -0.1) is 0 Å². The Kier molecular flexibility index (Phi) is 2.67. The van der Waals surface area contributed by atoms with E-state index in [1.807, 2.05) is 0 Å². The van der Waals surface area contributed by atoms with Crippen molar-refractivity contribution in [3.8, 4) is 11.8 Å². The number of phenolic OH excluding ortho intramolecular Hbond substituents is 1. The van der Waals surface area contributed by atoms with Gasteiger partial charge in [0.15, 0.2) is 0 Å². The maximum absolute atomic E-state index is 12.7. The number of hydrogen-bond donors (Lipinski definition) is 2. The second kappa shape index (κ2) is 3.75. The molecule has 72 valence electrons. The zero-order valence-corrected chi connectivity index (χ0v) is 6.99. The van der Waals surface area contributed by atoms with E-state index in [0.717, 1.165) is 12.1 Å². The first-order valence-corrected chi connectivity index (χ1v) is 3.68. The van der Waals surface area contributed by atoms with Crippen molar-refractivity contribution in [1.82, 2.24) is 0 Å². The maximum atomic E-state index is 12.7. The van der Waals surface area contributed by atoms with E-state index in [-0.39, 0.29) is 11.1 Å². The van der Waals surface area contributed by atoms with Crippen molar-refractivity contribution in [3.63, 3.8) is 0 Å². The molecule has 5 heteroatoms. The number of hydrogen-bond acceptors (Lipinski definition) is 3. The van der Waals surface area contributed by atoms with Gasteiger partial charge < -0.3 is 10.2 Å². The topological polar surface area (TPSA) is 81.3 Å². The normalized spacial score (nSPS) is 9.43. The lowest BCUT2D eigenvalue weighted by molar-refractivity contribution is -0.136. The highest BCUT2D eigenvalue weighted by molar-refractivity contribution is 5.72. The molecule has 0 aliphatic carbocycles. The Bertz CT molecular complexity index is 423. The van der Waals surface area contributed by atoms with Gasteiger partial charge >= 0.3 is 5.97 Å². The van der Waals surface area contributed by atoms with Crippen LogP contribution in [0.15, 0.2) is 12.1 Å². The summed E-state index contributed by atoms with van der Waals surface area (Å²) < 4.78 is 12.7. The van der Waals surface area contributed by atoms with Gasteiger partial charge in [0.25, 0.3) is 0 Å². The average molecular weight is 195 g/mol. The lowest BCUT2D eigenvalue weighted by Gasteiger charge is -2.02. The van der Waals surface area contributed by atoms with Crippen LogP contribution in [0.2, 0.25) is 0 Å². The predicted molar refractivity (Wildman–Crippen MR) is 44.1 cm³/mol. The van der Waals surface area contributed by atoms with Crippen LogP contribution < -0.4 is 0 Å². The first-order chi connectivity index (χ1) is 6.54. The Hall–Kier alpha value is -2.09. The highest BCUT2D eigenvalue weighted by atomic mass is 19.1. The van der Waals surface area contributed by atoms with Crippen LogP contribution in [0.4, 0.5) is 4.39 Å². The molecule has 0 atom stereocenters. The number of carboxylic acid groups (broad SMARTS) is 1. The van der Waals surface area contributed by atoms with Crippen LogP contribution in [0.3, 0.4) is 0 Å². The van der Waals surface area contributed by atoms with Gasteiger partial charge in [0.1, 0.15) is 17.6 Å². The number of halogens is 1. The van der Waals surface area contributed by atoms with E-state index in [1.54, 1.807) is 6.07 Å². The minimum atomic E-state index is -1.19. The summed E-state index contributed by atoms with van der Waals surface area (Å²) in [6, 6.07) is 3.31. The molecule has 0 saturated carbocycles. The summed E-state index contributed by atoms with van der Waals surface area (Å²) in [5.74, 6) is -2.49. The number of rotatable bonds is 2. The minimum Gasteiger partial charge on any atom is -0.506 e. The van der Waals surface area contributed by atoms with E-state index in [9.17, 15) is 9.18 Å². The lowest BCUT2D eigenvalue weighted by atomic mass is 10.0. The Morgan fingerprint density at radius 2 is 2.21 bits per heavy atom. The lowest BCUT2D eigenvalue weighted by Crippen LogP contribution is -2.03. The molecule has 0 radical (unpaired) electrons. The number of carbonyl (C=O) groups is 1. The molecule has 0 aliphatic rings. The van der Waals surface area contributed by atoms with Crippen LogP contribution in [-0.4, -0.2) is 16.2 Å². The molecule has 2 N–H and O–H groups in total. The number of phenols is 1. The number of aliphatic carboxylic acids is 1. The minimum absolute atomic E-state index is 0.0301. The van der Waals surface area contributed by atoms with Gasteiger partial charge in [-0.25, -0.2) is 4.39 Å². The van der Waals surface area contributed by atoms with E-state index in [4.69, 9.17) is 15.5 Å². The summed E-state index contributed by atoms with van der Waals surface area (Å²) in [5, 5.41) is 26.2. The molecule has 0 aliphatic heterocycles. The molecule has 0 heterocycles. The molecule has 0 aromatic heterocycles. The van der Waals surface area contributed by atoms with Crippen LogP contribution in [-0.2, 0) is 11.2 Å². The maximum Gasteiger partial charge on any atom is 0.307 e. The van der Waals surface area contributed by atoms with Crippen molar-refractivity contribution in [2.75, 3.05) is 0 Å². The summed E-state index contributed by atoms with van der Waals surface area (Å²) >= 11 is 0. The fraction of sp³-hybridized carbons (Fsp3) is 0.111. The number of benzene rings is 1.